The number of nitrogens with zero attached hydrogens (tertiary/aromatic N) is 4. The molecule has 0 aliphatic carbocycles. The number of carboxylic acid groups (broad SMARTS) is 2. The van der Waals surface area contributed by atoms with Crippen LogP contribution < -0.4 is 0 Å². The molecule has 2 aliphatic heterocycles. The predicted molar refractivity (Wildman–Crippen MR) is 84.1 cm³/mol. The molecule has 2 N–H and O–H groups in total. The summed E-state index contributed by atoms with van der Waals surface area (Å²) in [5, 5.41) is 23.0. The number of methoxy groups -OCH3 is 1. The molecule has 0 saturated carbocycles. The molecule has 3 rings (SSSR count). The number of carbonyl (C=O) groups is 2. The maximum Gasteiger partial charge on any atom is 0.417 e. The maximum atomic E-state index is 11.9. The number of amidine groups is 1. The highest BCUT2D eigenvalue weighted by atomic mass is 16.5. The Labute approximate surface area is 142 Å². The lowest BCUT2D eigenvalue weighted by molar-refractivity contribution is -0.134. The van der Waals surface area contributed by atoms with Gasteiger partial charge in [-0.2, -0.15) is 0 Å². The van der Waals surface area contributed by atoms with Crippen LogP contribution in [0.4, 0.5) is 4.79 Å². The van der Waals surface area contributed by atoms with Crippen LogP contribution in [0.5, 0.6) is 0 Å². The molecule has 1 aromatic heterocycles. The smallest absolute Gasteiger partial charge is 0.417 e. The molecule has 25 heavy (non-hydrogen) atoms. The standard InChI is InChI=1S/C15H16N4O6/c1-3-9-11(13(20)21)12(19(15(22)23)14(17-9)24-2)18-5-4-10-8(7-18)6-16-25-10/h4-6,12H,3,7H2,1-2H3,(H,20,21)(H,22,23). The van der Waals surface area contributed by atoms with Crippen molar-refractivity contribution in [2.24, 2.45) is 4.99 Å². The van der Waals surface area contributed by atoms with Crippen molar-refractivity contribution in [3.63, 3.8) is 0 Å². The van der Waals surface area contributed by atoms with Gasteiger partial charge >= 0.3 is 18.1 Å². The van der Waals surface area contributed by atoms with Crippen molar-refractivity contribution in [3.05, 3.63) is 35.0 Å². The number of carboxylic acids is 1. The van der Waals surface area contributed by atoms with Gasteiger partial charge in [0.1, 0.15) is 5.57 Å². The molecule has 10 heteroatoms. The second-order valence-corrected chi connectivity index (χ2v) is 5.35. The molecule has 1 amide bonds. The fraction of sp³-hybridized carbons (Fsp3) is 0.333. The summed E-state index contributed by atoms with van der Waals surface area (Å²) in [4.78, 5) is 30.1. The molecular weight excluding hydrogens is 332 g/mol. The summed E-state index contributed by atoms with van der Waals surface area (Å²) in [7, 11) is 1.29. The minimum absolute atomic E-state index is 0.116. The van der Waals surface area contributed by atoms with E-state index in [1.807, 2.05) is 0 Å². The monoisotopic (exact) mass is 348 g/mol. The second-order valence-electron chi connectivity index (χ2n) is 5.35. The van der Waals surface area contributed by atoms with Crippen LogP contribution in [-0.2, 0) is 16.1 Å². The van der Waals surface area contributed by atoms with Gasteiger partial charge in [-0.05, 0) is 12.5 Å². The zero-order valence-electron chi connectivity index (χ0n) is 13.5. The Morgan fingerprint density at radius 2 is 2.20 bits per heavy atom. The molecule has 1 unspecified atom stereocenters. The van der Waals surface area contributed by atoms with Gasteiger partial charge in [0.25, 0.3) is 0 Å². The molecule has 0 bridgehead atoms. The normalized spacial score (nSPS) is 19.6. The van der Waals surface area contributed by atoms with Crippen LogP contribution in [0.1, 0.15) is 24.7 Å². The Hall–Kier alpha value is -3.30. The lowest BCUT2D eigenvalue weighted by Gasteiger charge is -2.40. The second kappa shape index (κ2) is 6.30. The number of aliphatic carboxylic acids is 1. The van der Waals surface area contributed by atoms with Gasteiger partial charge in [0, 0.05) is 11.8 Å². The summed E-state index contributed by atoms with van der Waals surface area (Å²) in [6, 6.07) is -0.177. The van der Waals surface area contributed by atoms with Crippen molar-refractivity contribution < 1.29 is 29.1 Å². The van der Waals surface area contributed by atoms with Crippen molar-refractivity contribution in [1.82, 2.24) is 15.0 Å². The molecule has 1 aromatic rings. The van der Waals surface area contributed by atoms with Crippen LogP contribution in [0.25, 0.3) is 6.08 Å². The number of hydrogen-bond donors (Lipinski definition) is 2. The fourth-order valence-corrected chi connectivity index (χ4v) is 2.87. The van der Waals surface area contributed by atoms with E-state index in [1.165, 1.54) is 13.3 Å². The van der Waals surface area contributed by atoms with Crippen LogP contribution in [0, 0.1) is 0 Å². The highest BCUT2D eigenvalue weighted by Crippen LogP contribution is 2.31. The average molecular weight is 348 g/mol. The molecular formula is C15H16N4O6. The number of hydrogen-bond acceptors (Lipinski definition) is 7. The number of fused-ring (bicyclic) bond motifs is 1. The first kappa shape index (κ1) is 16.6. The van der Waals surface area contributed by atoms with Gasteiger partial charge in [-0.25, -0.2) is 19.5 Å². The Bertz CT molecular complexity index is 809. The predicted octanol–water partition coefficient (Wildman–Crippen LogP) is 1.53. The molecule has 0 radical (unpaired) electrons. The van der Waals surface area contributed by atoms with Crippen molar-refractivity contribution >= 4 is 24.2 Å². The van der Waals surface area contributed by atoms with Gasteiger partial charge < -0.3 is 24.4 Å². The summed E-state index contributed by atoms with van der Waals surface area (Å²) >= 11 is 0. The number of ether oxygens (including phenoxy) is 1. The highest BCUT2D eigenvalue weighted by Gasteiger charge is 2.43. The largest absolute Gasteiger partial charge is 0.478 e. The Balaban J connectivity index is 2.11. The molecule has 0 fully saturated rings. The van der Waals surface area contributed by atoms with Crippen molar-refractivity contribution in [3.8, 4) is 0 Å². The molecule has 0 saturated heterocycles. The van der Waals surface area contributed by atoms with E-state index in [0.29, 0.717) is 12.2 Å². The number of allylic oxidation sites excluding steroid dienone is 1. The van der Waals surface area contributed by atoms with Crippen LogP contribution in [-0.4, -0.2) is 56.5 Å². The topological polar surface area (TPSA) is 129 Å². The third-order valence-electron chi connectivity index (χ3n) is 3.96. The lowest BCUT2D eigenvalue weighted by Crippen LogP contribution is -2.56. The van der Waals surface area contributed by atoms with Crippen LogP contribution in [0.2, 0.25) is 0 Å². The van der Waals surface area contributed by atoms with Crippen molar-refractivity contribution in [1.29, 1.82) is 0 Å². The summed E-state index contributed by atoms with van der Waals surface area (Å²) in [6.45, 7) is 1.97. The Morgan fingerprint density at radius 3 is 2.80 bits per heavy atom. The van der Waals surface area contributed by atoms with E-state index in [-0.39, 0.29) is 23.8 Å². The average Bonchev–Trinajstić information content (AvgIpc) is 3.06. The van der Waals surface area contributed by atoms with E-state index in [0.717, 1.165) is 10.5 Å². The van der Waals surface area contributed by atoms with Gasteiger partial charge in [0.2, 0.25) is 0 Å². The van der Waals surface area contributed by atoms with Gasteiger partial charge in [-0.15, -0.1) is 0 Å². The first-order valence-corrected chi connectivity index (χ1v) is 7.46. The van der Waals surface area contributed by atoms with E-state index < -0.39 is 18.2 Å². The SMILES string of the molecule is CCC1=C(C(=O)O)C(N2C=Cc3oncc3C2)N(C(=O)O)C(OC)=N1. The fourth-order valence-electron chi connectivity index (χ4n) is 2.87. The molecule has 0 spiro atoms. The van der Waals surface area contributed by atoms with E-state index in [4.69, 9.17) is 9.26 Å². The number of amides is 1. The van der Waals surface area contributed by atoms with Gasteiger partial charge in [-0.1, -0.05) is 12.1 Å². The summed E-state index contributed by atoms with van der Waals surface area (Å²) < 4.78 is 10.1. The van der Waals surface area contributed by atoms with E-state index in [1.54, 1.807) is 24.1 Å². The number of rotatable bonds is 3. The van der Waals surface area contributed by atoms with Crippen molar-refractivity contribution in [2.45, 2.75) is 26.1 Å². The molecule has 1 atom stereocenters. The van der Waals surface area contributed by atoms with Crippen LogP contribution in [0.3, 0.4) is 0 Å². The molecule has 2 aliphatic rings. The minimum Gasteiger partial charge on any atom is -0.478 e. The zero-order valence-corrected chi connectivity index (χ0v) is 13.5. The zero-order chi connectivity index (χ0) is 18.1. The minimum atomic E-state index is -1.37. The highest BCUT2D eigenvalue weighted by molar-refractivity contribution is 5.98. The molecule has 3 heterocycles. The van der Waals surface area contributed by atoms with Gasteiger partial charge in [0.05, 0.1) is 25.5 Å². The Morgan fingerprint density at radius 1 is 1.44 bits per heavy atom. The maximum absolute atomic E-state index is 11.9. The van der Waals surface area contributed by atoms with E-state index in [9.17, 15) is 19.8 Å². The first-order chi connectivity index (χ1) is 12.0. The first-order valence-electron chi connectivity index (χ1n) is 7.46. The molecule has 10 nitrogen and oxygen atoms in total. The molecule has 132 valence electrons. The summed E-state index contributed by atoms with van der Waals surface area (Å²) in [6.07, 6.45) is 2.50. The van der Waals surface area contributed by atoms with E-state index >= 15 is 0 Å². The third kappa shape index (κ3) is 2.71. The Kier molecular flexibility index (Phi) is 4.17. The third-order valence-corrected chi connectivity index (χ3v) is 3.96. The van der Waals surface area contributed by atoms with Crippen LogP contribution >= 0.6 is 0 Å². The van der Waals surface area contributed by atoms with Gasteiger partial charge in [-0.3, -0.25) is 0 Å². The van der Waals surface area contributed by atoms with Crippen LogP contribution in [0.15, 0.2) is 33.2 Å². The summed E-state index contributed by atoms with van der Waals surface area (Å²) in [5.41, 5.74) is 0.865. The van der Waals surface area contributed by atoms with Gasteiger partial charge in [0.15, 0.2) is 11.9 Å². The van der Waals surface area contributed by atoms with Crippen molar-refractivity contribution in [2.75, 3.05) is 7.11 Å². The molecule has 0 aromatic carbocycles. The van der Waals surface area contributed by atoms with E-state index in [2.05, 4.69) is 10.1 Å². The number of aliphatic imine (C=N–C) groups is 1. The lowest BCUT2D eigenvalue weighted by atomic mass is 10.0. The number of aromatic nitrogens is 1. The summed E-state index contributed by atoms with van der Waals surface area (Å²) in [5.74, 6) is -0.692. The quantitative estimate of drug-likeness (QED) is 0.841.